The van der Waals surface area contributed by atoms with Crippen molar-refractivity contribution in [1.82, 2.24) is 14.7 Å². The third-order valence-corrected chi connectivity index (χ3v) is 4.00. The molecule has 136 valence electrons. The molecule has 1 saturated heterocycles. The maximum Gasteiger partial charge on any atom is 0.366 e. The van der Waals surface area contributed by atoms with Crippen LogP contribution in [-0.4, -0.2) is 32.7 Å². The second kappa shape index (κ2) is 6.17. The molecule has 9 nitrogen and oxygen atoms in total. The maximum absolute atomic E-state index is 12.7. The summed E-state index contributed by atoms with van der Waals surface area (Å²) in [5.74, 6) is -1.53. The van der Waals surface area contributed by atoms with E-state index in [0.717, 1.165) is 0 Å². The Morgan fingerprint density at radius 2 is 1.81 bits per heavy atom. The lowest BCUT2D eigenvalue weighted by Gasteiger charge is -2.30. The second-order valence-electron chi connectivity index (χ2n) is 6.36. The van der Waals surface area contributed by atoms with Gasteiger partial charge >= 0.3 is 5.97 Å². The van der Waals surface area contributed by atoms with Crippen LogP contribution in [0, 0.1) is 6.92 Å². The van der Waals surface area contributed by atoms with E-state index >= 15 is 0 Å². The molecule has 0 bridgehead atoms. The SMILES string of the molecule is Cc1c(N/N=C2\C(=O)NC(C)(C)OC2=O)c(=O)n(-c2ccccc2)n1C. The molecule has 3 rings (SSSR count). The van der Waals surface area contributed by atoms with Crippen LogP contribution in [0.15, 0.2) is 40.2 Å². The lowest BCUT2D eigenvalue weighted by molar-refractivity contribution is -0.157. The van der Waals surface area contributed by atoms with Crippen LogP contribution in [0.1, 0.15) is 19.5 Å². The summed E-state index contributed by atoms with van der Waals surface area (Å²) in [4.78, 5) is 36.7. The first kappa shape index (κ1) is 17.5. The summed E-state index contributed by atoms with van der Waals surface area (Å²) in [6.07, 6.45) is 0. The largest absolute Gasteiger partial charge is 0.435 e. The number of ether oxygens (including phenoxy) is 1. The molecule has 1 aromatic carbocycles. The molecule has 2 aromatic rings. The molecule has 0 saturated carbocycles. The molecule has 1 fully saturated rings. The summed E-state index contributed by atoms with van der Waals surface area (Å²) in [5.41, 5.74) is 2.07. The number of esters is 1. The summed E-state index contributed by atoms with van der Waals surface area (Å²) >= 11 is 0. The Balaban J connectivity index is 1.96. The van der Waals surface area contributed by atoms with Gasteiger partial charge in [-0.1, -0.05) is 18.2 Å². The smallest absolute Gasteiger partial charge is 0.366 e. The number of carbonyl (C=O) groups excluding carboxylic acids is 2. The third kappa shape index (κ3) is 2.99. The minimum Gasteiger partial charge on any atom is -0.435 e. The molecule has 0 atom stereocenters. The van der Waals surface area contributed by atoms with Gasteiger partial charge in [-0.15, -0.1) is 0 Å². The summed E-state index contributed by atoms with van der Waals surface area (Å²) in [5, 5.41) is 6.31. The topological polar surface area (TPSA) is 107 Å². The fraction of sp³-hybridized carbons (Fsp3) is 0.294. The highest BCUT2D eigenvalue weighted by Gasteiger charge is 2.38. The van der Waals surface area contributed by atoms with E-state index < -0.39 is 23.3 Å². The summed E-state index contributed by atoms with van der Waals surface area (Å²) < 4.78 is 8.19. The number of anilines is 1. The van der Waals surface area contributed by atoms with Crippen molar-refractivity contribution in [3.8, 4) is 5.69 Å². The van der Waals surface area contributed by atoms with Crippen LogP contribution in [0.3, 0.4) is 0 Å². The molecule has 0 radical (unpaired) electrons. The van der Waals surface area contributed by atoms with E-state index in [1.165, 1.54) is 4.68 Å². The number of aromatic nitrogens is 2. The van der Waals surface area contributed by atoms with Gasteiger partial charge in [0.05, 0.1) is 11.4 Å². The number of carbonyl (C=O) groups is 2. The van der Waals surface area contributed by atoms with Gasteiger partial charge in [-0.2, -0.15) is 5.10 Å². The van der Waals surface area contributed by atoms with Gasteiger partial charge in [-0.05, 0) is 32.9 Å². The first-order valence-corrected chi connectivity index (χ1v) is 7.95. The maximum atomic E-state index is 12.7. The van der Waals surface area contributed by atoms with Gasteiger partial charge in [-0.25, -0.2) is 9.48 Å². The number of amides is 1. The van der Waals surface area contributed by atoms with Gasteiger partial charge < -0.3 is 10.1 Å². The number of hydrogen-bond donors (Lipinski definition) is 2. The van der Waals surface area contributed by atoms with Crippen molar-refractivity contribution < 1.29 is 14.3 Å². The predicted molar refractivity (Wildman–Crippen MR) is 95.1 cm³/mol. The van der Waals surface area contributed by atoms with Crippen LogP contribution in [0.25, 0.3) is 5.69 Å². The standard InChI is InChI=1S/C17H19N5O4/c1-10-12(15(24)22(21(10)4)11-8-6-5-7-9-11)19-20-13-14(23)18-17(2,3)26-16(13)25/h5-9,19H,1-4H3,(H,18,23)/b20-13+. The van der Waals surface area contributed by atoms with Gasteiger partial charge in [0.15, 0.2) is 5.72 Å². The van der Waals surface area contributed by atoms with Crippen molar-refractivity contribution in [2.75, 3.05) is 5.43 Å². The van der Waals surface area contributed by atoms with E-state index in [-0.39, 0.29) is 11.2 Å². The summed E-state index contributed by atoms with van der Waals surface area (Å²) in [7, 11) is 1.73. The molecule has 2 heterocycles. The monoisotopic (exact) mass is 357 g/mol. The molecule has 0 spiro atoms. The zero-order valence-electron chi connectivity index (χ0n) is 14.9. The number of hydrazone groups is 1. The molecule has 1 amide bonds. The number of para-hydroxylation sites is 1. The fourth-order valence-corrected chi connectivity index (χ4v) is 2.64. The molecule has 26 heavy (non-hydrogen) atoms. The lowest BCUT2D eigenvalue weighted by Crippen LogP contribution is -2.57. The number of hydrogen-bond acceptors (Lipinski definition) is 6. The van der Waals surface area contributed by atoms with Crippen molar-refractivity contribution in [2.45, 2.75) is 26.5 Å². The minimum absolute atomic E-state index is 0.161. The van der Waals surface area contributed by atoms with Crippen LogP contribution in [0.4, 0.5) is 5.69 Å². The molecule has 0 aliphatic carbocycles. The average Bonchev–Trinajstić information content (AvgIpc) is 2.77. The van der Waals surface area contributed by atoms with Crippen LogP contribution >= 0.6 is 0 Å². The first-order valence-electron chi connectivity index (χ1n) is 7.95. The highest BCUT2D eigenvalue weighted by molar-refractivity contribution is 6.64. The van der Waals surface area contributed by atoms with Crippen LogP contribution in [0.5, 0.6) is 0 Å². The summed E-state index contributed by atoms with van der Waals surface area (Å²) in [6, 6.07) is 9.09. The minimum atomic E-state index is -1.10. The highest BCUT2D eigenvalue weighted by atomic mass is 16.6. The number of benzene rings is 1. The van der Waals surface area contributed by atoms with Crippen molar-refractivity contribution >= 4 is 23.3 Å². The molecule has 2 N–H and O–H groups in total. The van der Waals surface area contributed by atoms with Gasteiger partial charge in [0.1, 0.15) is 5.69 Å². The zero-order valence-corrected chi connectivity index (χ0v) is 14.9. The Morgan fingerprint density at radius 1 is 1.15 bits per heavy atom. The molecule has 1 aliphatic rings. The van der Waals surface area contributed by atoms with Crippen LogP contribution in [0.2, 0.25) is 0 Å². The van der Waals surface area contributed by atoms with E-state index in [9.17, 15) is 14.4 Å². The average molecular weight is 357 g/mol. The molecule has 9 heteroatoms. The molecular formula is C17H19N5O4. The van der Waals surface area contributed by atoms with Gasteiger partial charge in [0.2, 0.25) is 5.71 Å². The van der Waals surface area contributed by atoms with Crippen molar-refractivity contribution in [3.05, 3.63) is 46.4 Å². The Bertz CT molecular complexity index is 947. The van der Waals surface area contributed by atoms with E-state index in [0.29, 0.717) is 11.4 Å². The highest BCUT2D eigenvalue weighted by Crippen LogP contribution is 2.15. The van der Waals surface area contributed by atoms with Crippen molar-refractivity contribution in [1.29, 1.82) is 0 Å². The van der Waals surface area contributed by atoms with Gasteiger partial charge in [0.25, 0.3) is 11.5 Å². The van der Waals surface area contributed by atoms with Gasteiger partial charge in [0, 0.05) is 7.05 Å². The predicted octanol–water partition coefficient (Wildman–Crippen LogP) is 0.661. The summed E-state index contributed by atoms with van der Waals surface area (Å²) in [6.45, 7) is 4.82. The number of rotatable bonds is 3. The Hall–Kier alpha value is -3.36. The zero-order chi connectivity index (χ0) is 19.1. The lowest BCUT2D eigenvalue weighted by atomic mass is 10.2. The Kier molecular flexibility index (Phi) is 4.15. The number of cyclic esters (lactones) is 1. The van der Waals surface area contributed by atoms with Crippen molar-refractivity contribution in [2.24, 2.45) is 12.1 Å². The Labute approximate surface area is 149 Å². The quantitative estimate of drug-likeness (QED) is 0.620. The number of nitrogens with zero attached hydrogens (tertiary/aromatic N) is 3. The van der Waals surface area contributed by atoms with Gasteiger partial charge in [-0.3, -0.25) is 19.7 Å². The van der Waals surface area contributed by atoms with Crippen LogP contribution in [-0.2, 0) is 21.4 Å². The third-order valence-electron chi connectivity index (χ3n) is 4.00. The van der Waals surface area contributed by atoms with Crippen molar-refractivity contribution in [3.63, 3.8) is 0 Å². The van der Waals surface area contributed by atoms with Crippen LogP contribution < -0.4 is 16.3 Å². The number of nitrogens with one attached hydrogen (secondary N) is 2. The van der Waals surface area contributed by atoms with E-state index in [1.807, 2.05) is 18.2 Å². The first-order chi connectivity index (χ1) is 12.2. The second-order valence-corrected chi connectivity index (χ2v) is 6.36. The van der Waals surface area contributed by atoms with E-state index in [4.69, 9.17) is 4.74 Å². The molecule has 0 unspecified atom stereocenters. The Morgan fingerprint density at radius 3 is 2.42 bits per heavy atom. The normalized spacial score (nSPS) is 17.8. The molecule has 1 aromatic heterocycles. The molecular weight excluding hydrogens is 338 g/mol. The van der Waals surface area contributed by atoms with E-state index in [1.54, 1.807) is 44.6 Å². The fourth-order valence-electron chi connectivity index (χ4n) is 2.64. The van der Waals surface area contributed by atoms with E-state index in [2.05, 4.69) is 15.8 Å². The molecule has 1 aliphatic heterocycles.